The Kier molecular flexibility index (Phi) is 7.28. The molecule has 8 heteroatoms. The first-order chi connectivity index (χ1) is 18.0. The van der Waals surface area contributed by atoms with Crippen molar-refractivity contribution in [1.29, 1.82) is 0 Å². The Bertz CT molecular complexity index is 1480. The van der Waals surface area contributed by atoms with Gasteiger partial charge in [-0.2, -0.15) is 0 Å². The van der Waals surface area contributed by atoms with E-state index < -0.39 is 0 Å². The Morgan fingerprint density at radius 2 is 1.81 bits per heavy atom. The molecular formula is C29H29N3O4S. The van der Waals surface area contributed by atoms with Crippen molar-refractivity contribution in [3.05, 3.63) is 93.8 Å². The molecular weight excluding hydrogens is 486 g/mol. The Hall–Kier alpha value is -4.04. The van der Waals surface area contributed by atoms with Crippen molar-refractivity contribution in [1.82, 2.24) is 9.88 Å². The van der Waals surface area contributed by atoms with Crippen LogP contribution < -0.4 is 25.1 Å². The van der Waals surface area contributed by atoms with E-state index >= 15 is 0 Å². The highest BCUT2D eigenvalue weighted by Crippen LogP contribution is 2.35. The summed E-state index contributed by atoms with van der Waals surface area (Å²) < 4.78 is 16.5. The number of nitrogens with zero attached hydrogens (tertiary/aromatic N) is 1. The van der Waals surface area contributed by atoms with Crippen LogP contribution in [-0.4, -0.2) is 34.9 Å². The highest BCUT2D eigenvalue weighted by molar-refractivity contribution is 7.80. The van der Waals surface area contributed by atoms with Crippen molar-refractivity contribution >= 4 is 33.9 Å². The average molecular weight is 516 g/mol. The van der Waals surface area contributed by atoms with Crippen LogP contribution in [0, 0.1) is 6.92 Å². The average Bonchev–Trinajstić information content (AvgIpc) is 3.35. The molecule has 190 valence electrons. The molecule has 7 nitrogen and oxygen atoms in total. The molecule has 0 unspecified atom stereocenters. The van der Waals surface area contributed by atoms with Crippen LogP contribution in [0.5, 0.6) is 17.2 Å². The normalized spacial score (nSPS) is 11.9. The minimum absolute atomic E-state index is 0.156. The van der Waals surface area contributed by atoms with Gasteiger partial charge in [0.15, 0.2) is 16.6 Å². The summed E-state index contributed by atoms with van der Waals surface area (Å²) in [6, 6.07) is 21.6. The van der Waals surface area contributed by atoms with Gasteiger partial charge < -0.3 is 29.4 Å². The van der Waals surface area contributed by atoms with Crippen molar-refractivity contribution in [3.63, 3.8) is 0 Å². The van der Waals surface area contributed by atoms with Crippen molar-refractivity contribution in [2.24, 2.45) is 0 Å². The quantitative estimate of drug-likeness (QED) is 0.304. The molecule has 1 aliphatic heterocycles. The van der Waals surface area contributed by atoms with Crippen molar-refractivity contribution in [2.45, 2.75) is 26.8 Å². The lowest BCUT2D eigenvalue weighted by atomic mass is 10.1. The van der Waals surface area contributed by atoms with Crippen LogP contribution >= 0.6 is 12.2 Å². The van der Waals surface area contributed by atoms with E-state index in [1.165, 1.54) is 11.1 Å². The summed E-state index contributed by atoms with van der Waals surface area (Å²) in [4.78, 5) is 18.1. The Labute approximate surface area is 221 Å². The zero-order valence-electron chi connectivity index (χ0n) is 20.9. The summed E-state index contributed by atoms with van der Waals surface area (Å²) in [6.45, 7) is 5.85. The highest BCUT2D eigenvalue weighted by atomic mass is 32.1. The second-order valence-electron chi connectivity index (χ2n) is 8.90. The van der Waals surface area contributed by atoms with E-state index in [4.69, 9.17) is 26.4 Å². The number of anilines is 1. The van der Waals surface area contributed by atoms with E-state index in [1.54, 1.807) is 6.07 Å². The molecule has 0 amide bonds. The van der Waals surface area contributed by atoms with Gasteiger partial charge in [-0.1, -0.05) is 24.3 Å². The number of hydrogen-bond donors (Lipinski definition) is 2. The van der Waals surface area contributed by atoms with Gasteiger partial charge in [-0.25, -0.2) is 0 Å². The molecule has 0 aliphatic carbocycles. The molecule has 1 aromatic heterocycles. The van der Waals surface area contributed by atoms with Gasteiger partial charge in [0.1, 0.15) is 5.75 Å². The third-order valence-corrected chi connectivity index (χ3v) is 6.75. The number of aromatic nitrogens is 1. The number of pyridine rings is 1. The molecule has 37 heavy (non-hydrogen) atoms. The fraction of sp³-hybridized carbons (Fsp3) is 0.241. The molecule has 2 heterocycles. The summed E-state index contributed by atoms with van der Waals surface area (Å²) >= 11 is 5.83. The summed E-state index contributed by atoms with van der Waals surface area (Å²) in [5.41, 5.74) is 4.50. The van der Waals surface area contributed by atoms with Crippen LogP contribution in [0.2, 0.25) is 0 Å². The van der Waals surface area contributed by atoms with E-state index in [1.807, 2.05) is 60.4 Å². The number of ether oxygens (including phenoxy) is 3. The van der Waals surface area contributed by atoms with E-state index in [0.717, 1.165) is 23.2 Å². The zero-order valence-corrected chi connectivity index (χ0v) is 21.7. The molecule has 0 saturated carbocycles. The monoisotopic (exact) mass is 515 g/mol. The van der Waals surface area contributed by atoms with Crippen LogP contribution in [0.1, 0.15) is 23.6 Å². The zero-order chi connectivity index (χ0) is 25.8. The lowest BCUT2D eigenvalue weighted by Gasteiger charge is -2.26. The molecule has 4 aromatic rings. The molecule has 3 aromatic carbocycles. The molecule has 0 saturated heterocycles. The number of H-pyrrole nitrogens is 1. The Balaban J connectivity index is 1.40. The first-order valence-electron chi connectivity index (χ1n) is 12.3. The standard InChI is InChI=1S/C29H29N3O4S/c1-3-34-24-10-8-23(9-11-24)30-29(37)32(13-12-20-7-5-4-6-19(20)2)17-22-14-21-15-26-27(36-18-35-26)16-25(21)31-28(22)33/h4-11,14-16H,3,12-13,17-18H2,1-2H3,(H,30,37)(H,31,33). The van der Waals surface area contributed by atoms with Gasteiger partial charge in [-0.3, -0.25) is 4.79 Å². The van der Waals surface area contributed by atoms with E-state index in [2.05, 4.69) is 29.4 Å². The maximum absolute atomic E-state index is 13.0. The van der Waals surface area contributed by atoms with Crippen LogP contribution in [0.15, 0.2) is 71.5 Å². The number of thiocarbonyl (C=S) groups is 1. The lowest BCUT2D eigenvalue weighted by molar-refractivity contribution is 0.174. The van der Waals surface area contributed by atoms with E-state index in [9.17, 15) is 4.79 Å². The van der Waals surface area contributed by atoms with Crippen LogP contribution in [0.4, 0.5) is 5.69 Å². The third-order valence-electron chi connectivity index (χ3n) is 6.39. The van der Waals surface area contributed by atoms with Gasteiger partial charge in [-0.15, -0.1) is 0 Å². The molecule has 2 N–H and O–H groups in total. The molecule has 5 rings (SSSR count). The molecule has 0 bridgehead atoms. The Morgan fingerprint density at radius 3 is 2.57 bits per heavy atom. The summed E-state index contributed by atoms with van der Waals surface area (Å²) in [5.74, 6) is 2.12. The maximum Gasteiger partial charge on any atom is 0.253 e. The number of nitrogens with one attached hydrogen (secondary N) is 2. The summed E-state index contributed by atoms with van der Waals surface area (Å²) in [5, 5.41) is 4.75. The number of rotatable bonds is 8. The number of benzene rings is 3. The molecule has 0 fully saturated rings. The predicted octanol–water partition coefficient (Wildman–Crippen LogP) is 5.41. The number of hydrogen-bond acceptors (Lipinski definition) is 5. The second-order valence-corrected chi connectivity index (χ2v) is 9.29. The summed E-state index contributed by atoms with van der Waals surface area (Å²) in [7, 11) is 0. The molecule has 1 aliphatic rings. The maximum atomic E-state index is 13.0. The predicted molar refractivity (Wildman–Crippen MR) is 150 cm³/mol. The van der Waals surface area contributed by atoms with Gasteiger partial charge in [-0.05, 0) is 80.0 Å². The van der Waals surface area contributed by atoms with Crippen molar-refractivity contribution < 1.29 is 14.2 Å². The fourth-order valence-corrected chi connectivity index (χ4v) is 4.64. The van der Waals surface area contributed by atoms with Crippen LogP contribution in [0.25, 0.3) is 10.9 Å². The van der Waals surface area contributed by atoms with Crippen LogP contribution in [0.3, 0.4) is 0 Å². The number of aryl methyl sites for hydroxylation is 1. The molecule has 0 radical (unpaired) electrons. The van der Waals surface area contributed by atoms with Gasteiger partial charge in [0.05, 0.1) is 18.7 Å². The van der Waals surface area contributed by atoms with Crippen LogP contribution in [-0.2, 0) is 13.0 Å². The second kappa shape index (κ2) is 10.9. The number of aromatic amines is 1. The van der Waals surface area contributed by atoms with Gasteiger partial charge >= 0.3 is 0 Å². The topological polar surface area (TPSA) is 75.8 Å². The van der Waals surface area contributed by atoms with Crippen molar-refractivity contribution in [3.8, 4) is 17.2 Å². The first-order valence-corrected chi connectivity index (χ1v) is 12.7. The Morgan fingerprint density at radius 1 is 1.05 bits per heavy atom. The van der Waals surface area contributed by atoms with Gasteiger partial charge in [0.25, 0.3) is 5.56 Å². The smallest absolute Gasteiger partial charge is 0.253 e. The minimum atomic E-state index is -0.156. The molecule has 0 spiro atoms. The highest BCUT2D eigenvalue weighted by Gasteiger charge is 2.18. The first kappa shape index (κ1) is 24.6. The molecule has 0 atom stereocenters. The van der Waals surface area contributed by atoms with E-state index in [-0.39, 0.29) is 12.4 Å². The van der Waals surface area contributed by atoms with Gasteiger partial charge in [0.2, 0.25) is 6.79 Å². The minimum Gasteiger partial charge on any atom is -0.494 e. The number of fused-ring (bicyclic) bond motifs is 2. The lowest BCUT2D eigenvalue weighted by Crippen LogP contribution is -2.37. The third kappa shape index (κ3) is 5.70. The van der Waals surface area contributed by atoms with Crippen molar-refractivity contribution in [2.75, 3.05) is 25.3 Å². The largest absolute Gasteiger partial charge is 0.494 e. The van der Waals surface area contributed by atoms with E-state index in [0.29, 0.717) is 47.4 Å². The fourth-order valence-electron chi connectivity index (χ4n) is 4.37. The SMILES string of the molecule is CCOc1ccc(NC(=S)N(CCc2ccccc2C)Cc2cc3cc4c(cc3[nH]c2=O)OCO4)cc1. The van der Waals surface area contributed by atoms with Gasteiger partial charge in [0, 0.05) is 29.2 Å². The summed E-state index contributed by atoms with van der Waals surface area (Å²) in [6.07, 6.45) is 0.794.